The van der Waals surface area contributed by atoms with Crippen molar-refractivity contribution in [2.24, 2.45) is 5.90 Å². The van der Waals surface area contributed by atoms with E-state index in [0.717, 1.165) is 12.8 Å². The smallest absolute Gasteiger partial charge is 0.407 e. The second-order valence-electron chi connectivity index (χ2n) is 4.97. The molecule has 0 aromatic heterocycles. The first-order valence-electron chi connectivity index (χ1n) is 7.80. The molecule has 0 rings (SSSR count). The van der Waals surface area contributed by atoms with E-state index in [4.69, 9.17) is 5.90 Å². The largest absolute Gasteiger partial charge is 0.453 e. The third-order valence-corrected chi connectivity index (χ3v) is 3.16. The molecule has 0 fully saturated rings. The molecule has 0 aliphatic rings. The summed E-state index contributed by atoms with van der Waals surface area (Å²) >= 11 is 0. The van der Waals surface area contributed by atoms with Crippen molar-refractivity contribution in [2.75, 3.05) is 33.9 Å². The Morgan fingerprint density at radius 3 is 2.17 bits per heavy atom. The topological polar surface area (TPSA) is 141 Å². The molecule has 1 atom stereocenters. The molecule has 0 aliphatic carbocycles. The molecule has 0 saturated carbocycles. The lowest BCUT2D eigenvalue weighted by Gasteiger charge is -2.17. The number of nitrogens with two attached hydrogens (primary N) is 1. The van der Waals surface area contributed by atoms with Crippen LogP contribution < -0.4 is 21.8 Å². The average Bonchev–Trinajstić information content (AvgIpc) is 2.59. The number of ether oxygens (including phenoxy) is 2. The fraction of sp³-hybridized carbons (Fsp3) is 0.786. The minimum atomic E-state index is -0.693. The van der Waals surface area contributed by atoms with Gasteiger partial charge in [0.1, 0.15) is 6.04 Å². The third-order valence-electron chi connectivity index (χ3n) is 3.16. The molecular weight excluding hydrogens is 320 g/mol. The van der Waals surface area contributed by atoms with Crippen LogP contribution in [0.25, 0.3) is 0 Å². The van der Waals surface area contributed by atoms with E-state index >= 15 is 0 Å². The molecule has 3 amide bonds. The molecule has 0 radical (unpaired) electrons. The van der Waals surface area contributed by atoms with Crippen molar-refractivity contribution in [1.29, 1.82) is 0 Å². The molecule has 24 heavy (non-hydrogen) atoms. The van der Waals surface area contributed by atoms with Gasteiger partial charge in [-0.3, -0.25) is 4.79 Å². The standard InChI is InChI=1S/C14H28N4O6/c1-22-13(20)17-9-4-3-7-11(18-14(21)23-2)12(19)16-8-5-6-10-24-15/h11H,3-10,15H2,1-2H3,(H,16,19)(H,17,20)(H,18,21). The molecule has 5 N–H and O–H groups in total. The first kappa shape index (κ1) is 21.9. The highest BCUT2D eigenvalue weighted by molar-refractivity contribution is 5.85. The number of alkyl carbamates (subject to hydrolysis) is 2. The van der Waals surface area contributed by atoms with Crippen LogP contribution in [0.3, 0.4) is 0 Å². The Morgan fingerprint density at radius 1 is 0.917 bits per heavy atom. The SMILES string of the molecule is COC(=O)NCCCCC(NC(=O)OC)C(=O)NCCCCON. The summed E-state index contributed by atoms with van der Waals surface area (Å²) in [7, 11) is 2.52. The van der Waals surface area contributed by atoms with E-state index in [2.05, 4.69) is 30.3 Å². The zero-order chi connectivity index (χ0) is 18.2. The highest BCUT2D eigenvalue weighted by Crippen LogP contribution is 2.02. The van der Waals surface area contributed by atoms with Crippen LogP contribution in [0, 0.1) is 0 Å². The fourth-order valence-electron chi connectivity index (χ4n) is 1.85. The lowest BCUT2D eigenvalue weighted by atomic mass is 10.1. The van der Waals surface area contributed by atoms with Crippen molar-refractivity contribution >= 4 is 18.1 Å². The summed E-state index contributed by atoms with van der Waals surface area (Å²) in [6, 6.07) is -0.693. The first-order chi connectivity index (χ1) is 11.5. The molecule has 140 valence electrons. The molecule has 0 spiro atoms. The Labute approximate surface area is 141 Å². The number of nitrogens with one attached hydrogen (secondary N) is 3. The second kappa shape index (κ2) is 14.5. The van der Waals surface area contributed by atoms with E-state index in [9.17, 15) is 14.4 Å². The molecule has 0 aliphatic heterocycles. The van der Waals surface area contributed by atoms with Gasteiger partial charge in [0.15, 0.2) is 0 Å². The number of carbonyl (C=O) groups excluding carboxylic acids is 3. The van der Waals surface area contributed by atoms with E-state index < -0.39 is 18.2 Å². The highest BCUT2D eigenvalue weighted by atomic mass is 16.6. The van der Waals surface area contributed by atoms with Crippen LogP contribution >= 0.6 is 0 Å². The van der Waals surface area contributed by atoms with Gasteiger partial charge in [0.05, 0.1) is 20.8 Å². The molecule has 10 heteroatoms. The maximum Gasteiger partial charge on any atom is 0.407 e. The molecule has 0 bridgehead atoms. The van der Waals surface area contributed by atoms with Crippen molar-refractivity contribution in [3.63, 3.8) is 0 Å². The van der Waals surface area contributed by atoms with Crippen molar-refractivity contribution in [3.8, 4) is 0 Å². The van der Waals surface area contributed by atoms with Gasteiger partial charge in [-0.2, -0.15) is 0 Å². The zero-order valence-corrected chi connectivity index (χ0v) is 14.3. The first-order valence-corrected chi connectivity index (χ1v) is 7.80. The van der Waals surface area contributed by atoms with E-state index in [1.54, 1.807) is 0 Å². The summed E-state index contributed by atoms with van der Waals surface area (Å²) in [5.41, 5.74) is 0. The predicted octanol–water partition coefficient (Wildman–Crippen LogP) is 0.0240. The van der Waals surface area contributed by atoms with Gasteiger partial charge in [0.2, 0.25) is 5.91 Å². The molecule has 0 aromatic rings. The molecule has 10 nitrogen and oxygen atoms in total. The van der Waals surface area contributed by atoms with Crippen LogP contribution in [0.15, 0.2) is 0 Å². The number of amides is 3. The maximum atomic E-state index is 12.1. The highest BCUT2D eigenvalue weighted by Gasteiger charge is 2.20. The number of methoxy groups -OCH3 is 2. The summed E-state index contributed by atoms with van der Waals surface area (Å²) < 4.78 is 8.98. The van der Waals surface area contributed by atoms with E-state index in [-0.39, 0.29) is 5.91 Å². The van der Waals surface area contributed by atoms with Gasteiger partial charge in [-0.15, -0.1) is 0 Å². The third kappa shape index (κ3) is 11.5. The van der Waals surface area contributed by atoms with Crippen LogP contribution in [-0.4, -0.2) is 58.1 Å². The van der Waals surface area contributed by atoms with Gasteiger partial charge in [-0.1, -0.05) is 0 Å². The summed E-state index contributed by atoms with van der Waals surface area (Å²) in [6.45, 7) is 1.32. The monoisotopic (exact) mass is 348 g/mol. The molecule has 0 aromatic carbocycles. The predicted molar refractivity (Wildman–Crippen MR) is 86.0 cm³/mol. The minimum Gasteiger partial charge on any atom is -0.453 e. The van der Waals surface area contributed by atoms with Gasteiger partial charge in [-0.25, -0.2) is 15.5 Å². The fourth-order valence-corrected chi connectivity index (χ4v) is 1.85. The molecule has 1 unspecified atom stereocenters. The lowest BCUT2D eigenvalue weighted by Crippen LogP contribution is -2.47. The van der Waals surface area contributed by atoms with E-state index in [1.807, 2.05) is 0 Å². The van der Waals surface area contributed by atoms with Crippen molar-refractivity contribution < 1.29 is 28.7 Å². The summed E-state index contributed by atoms with van der Waals surface area (Å²) in [5, 5.41) is 7.79. The summed E-state index contributed by atoms with van der Waals surface area (Å²) in [6.07, 6.45) is 1.98. The second-order valence-corrected chi connectivity index (χ2v) is 4.97. The van der Waals surface area contributed by atoms with Crippen molar-refractivity contribution in [2.45, 2.75) is 38.1 Å². The van der Waals surface area contributed by atoms with E-state index in [0.29, 0.717) is 39.0 Å². The van der Waals surface area contributed by atoms with Crippen LogP contribution in [0.5, 0.6) is 0 Å². The number of rotatable bonds is 12. The Balaban J connectivity index is 4.14. The Morgan fingerprint density at radius 2 is 1.54 bits per heavy atom. The molecular formula is C14H28N4O6. The van der Waals surface area contributed by atoms with E-state index in [1.165, 1.54) is 14.2 Å². The Bertz CT molecular complexity index is 380. The van der Waals surface area contributed by atoms with Crippen LogP contribution in [-0.2, 0) is 19.1 Å². The van der Waals surface area contributed by atoms with Crippen molar-refractivity contribution in [3.05, 3.63) is 0 Å². The summed E-state index contributed by atoms with van der Waals surface area (Å²) in [5.74, 6) is 4.63. The Kier molecular flexibility index (Phi) is 13.3. The quantitative estimate of drug-likeness (QED) is 0.288. The van der Waals surface area contributed by atoms with Crippen LogP contribution in [0.1, 0.15) is 32.1 Å². The average molecular weight is 348 g/mol. The normalized spacial score (nSPS) is 11.3. The summed E-state index contributed by atoms with van der Waals surface area (Å²) in [4.78, 5) is 38.8. The van der Waals surface area contributed by atoms with Gasteiger partial charge in [0, 0.05) is 13.1 Å². The molecule has 0 saturated heterocycles. The number of hydrogen-bond donors (Lipinski definition) is 4. The number of hydrogen-bond acceptors (Lipinski definition) is 7. The van der Waals surface area contributed by atoms with Crippen LogP contribution in [0.2, 0.25) is 0 Å². The van der Waals surface area contributed by atoms with Gasteiger partial charge in [0.25, 0.3) is 0 Å². The minimum absolute atomic E-state index is 0.282. The van der Waals surface area contributed by atoms with Gasteiger partial charge < -0.3 is 30.3 Å². The maximum absolute atomic E-state index is 12.1. The van der Waals surface area contributed by atoms with Crippen LogP contribution in [0.4, 0.5) is 9.59 Å². The molecule has 0 heterocycles. The van der Waals surface area contributed by atoms with Crippen molar-refractivity contribution in [1.82, 2.24) is 16.0 Å². The Hall–Kier alpha value is -2.07. The number of carbonyl (C=O) groups is 3. The van der Waals surface area contributed by atoms with Gasteiger partial charge in [-0.05, 0) is 32.1 Å². The zero-order valence-electron chi connectivity index (χ0n) is 14.3. The number of unbranched alkanes of at least 4 members (excludes halogenated alkanes) is 2. The van der Waals surface area contributed by atoms with Gasteiger partial charge >= 0.3 is 12.2 Å². The lowest BCUT2D eigenvalue weighted by molar-refractivity contribution is -0.123.